The van der Waals surface area contributed by atoms with Crippen molar-refractivity contribution in [1.29, 1.82) is 5.26 Å². The van der Waals surface area contributed by atoms with E-state index in [1.54, 1.807) is 24.3 Å². The molecule has 3 heterocycles. The fourth-order valence-corrected chi connectivity index (χ4v) is 8.34. The number of ether oxygens (including phenoxy) is 1. The molecule has 20 heteroatoms. The highest BCUT2D eigenvalue weighted by Gasteiger charge is 2.51. The van der Waals surface area contributed by atoms with Crippen LogP contribution in [-0.2, 0) is 31.8 Å². The fourth-order valence-electron chi connectivity index (χ4n) is 7.59. The van der Waals surface area contributed by atoms with E-state index in [4.69, 9.17) is 28.6 Å². The highest BCUT2D eigenvalue weighted by Crippen LogP contribution is 2.41. The molecule has 0 aromatic heterocycles. The van der Waals surface area contributed by atoms with E-state index in [1.165, 1.54) is 43.0 Å². The quantitative estimate of drug-likeness (QED) is 0.102. The van der Waals surface area contributed by atoms with Crippen LogP contribution in [0.2, 0.25) is 5.02 Å². The lowest BCUT2D eigenvalue weighted by Crippen LogP contribution is -2.54. The average molecular weight is 889 g/mol. The summed E-state index contributed by atoms with van der Waals surface area (Å²) in [7, 11) is 0. The van der Waals surface area contributed by atoms with Gasteiger partial charge in [0.05, 0.1) is 29.4 Å². The topological polar surface area (TPSA) is 150 Å². The van der Waals surface area contributed by atoms with Crippen LogP contribution in [0.25, 0.3) is 0 Å². The summed E-state index contributed by atoms with van der Waals surface area (Å²) < 4.78 is 75.1. The van der Waals surface area contributed by atoms with Gasteiger partial charge in [0.2, 0.25) is 24.1 Å². The van der Waals surface area contributed by atoms with Crippen molar-refractivity contribution < 1.29 is 45.9 Å². The summed E-state index contributed by atoms with van der Waals surface area (Å²) in [4.78, 5) is 56.9. The van der Waals surface area contributed by atoms with Gasteiger partial charge in [0.25, 0.3) is 5.91 Å². The second-order valence-electron chi connectivity index (χ2n) is 15.4. The van der Waals surface area contributed by atoms with Gasteiger partial charge in [-0.15, -0.1) is 0 Å². The Bertz CT molecular complexity index is 2270. The molecule has 3 N–H and O–H groups in total. The van der Waals surface area contributed by atoms with Crippen LogP contribution in [0.3, 0.4) is 0 Å². The van der Waals surface area contributed by atoms with E-state index >= 15 is 0 Å². The van der Waals surface area contributed by atoms with E-state index < -0.39 is 53.5 Å². The standard InChI is InChI=1S/C41H42ClF5N8O5S/c1-23-21-52(10-11-53(23)22-36(57)50-28-17-26(42)16-27(18-28)49-32-7-9-35(56)51-37(32)58)12-13-60-33-8-6-30(14-25(33)15-34(43)44)55-39(61)54(38(59)40(55,2)3)29-5-4-24(20-48)31(19-29)41(45,46)47/h4-6,8,14,16-19,23,32,34,49H,7,9-13,15,21-22H2,1-3H3,(H,50,57)(H,51,56,58). The molecule has 3 aromatic rings. The number of hydrogen-bond acceptors (Lipinski definition) is 10. The normalized spacial score (nSPS) is 19.9. The molecule has 2 unspecified atom stereocenters. The van der Waals surface area contributed by atoms with Crippen LogP contribution < -0.4 is 30.5 Å². The van der Waals surface area contributed by atoms with Gasteiger partial charge in [0, 0.05) is 72.7 Å². The molecule has 13 nitrogen and oxygen atoms in total. The van der Waals surface area contributed by atoms with Crippen LogP contribution in [0.5, 0.6) is 5.75 Å². The number of piperazine rings is 1. The van der Waals surface area contributed by atoms with Crippen LogP contribution >= 0.6 is 23.8 Å². The molecule has 0 radical (unpaired) electrons. The number of hydrogen-bond donors (Lipinski definition) is 3. The Morgan fingerprint density at radius 1 is 1.07 bits per heavy atom. The number of piperidine rings is 1. The monoisotopic (exact) mass is 888 g/mol. The number of nitrogens with zero attached hydrogens (tertiary/aromatic N) is 5. The van der Waals surface area contributed by atoms with Crippen molar-refractivity contribution >= 4 is 75.3 Å². The molecule has 3 aromatic carbocycles. The summed E-state index contributed by atoms with van der Waals surface area (Å²) in [5.74, 6) is -1.50. The molecule has 6 rings (SSSR count). The Morgan fingerprint density at radius 3 is 2.46 bits per heavy atom. The van der Waals surface area contributed by atoms with Gasteiger partial charge in [-0.3, -0.25) is 39.2 Å². The van der Waals surface area contributed by atoms with Gasteiger partial charge in [-0.25, -0.2) is 8.78 Å². The van der Waals surface area contributed by atoms with Crippen molar-refractivity contribution in [3.63, 3.8) is 0 Å². The number of imide groups is 1. The largest absolute Gasteiger partial charge is 0.492 e. The molecule has 61 heavy (non-hydrogen) atoms. The summed E-state index contributed by atoms with van der Waals surface area (Å²) >= 11 is 11.9. The van der Waals surface area contributed by atoms with Crippen molar-refractivity contribution in [2.45, 2.75) is 70.3 Å². The lowest BCUT2D eigenvalue weighted by Gasteiger charge is -2.39. The Labute approximate surface area is 358 Å². The summed E-state index contributed by atoms with van der Waals surface area (Å²) in [6.45, 7) is 7.44. The summed E-state index contributed by atoms with van der Waals surface area (Å²) in [6.07, 6.45) is -7.79. The lowest BCUT2D eigenvalue weighted by atomic mass is 10.0. The van der Waals surface area contributed by atoms with Crippen molar-refractivity contribution in [2.75, 3.05) is 59.8 Å². The molecule has 2 atom stereocenters. The highest BCUT2D eigenvalue weighted by molar-refractivity contribution is 7.81. The number of carbonyl (C=O) groups is 4. The molecular weight excluding hydrogens is 847 g/mol. The number of benzene rings is 3. The minimum atomic E-state index is -4.88. The van der Waals surface area contributed by atoms with Crippen molar-refractivity contribution in [3.8, 4) is 11.8 Å². The maximum Gasteiger partial charge on any atom is 0.417 e. The second kappa shape index (κ2) is 18.3. The number of anilines is 4. The van der Waals surface area contributed by atoms with Crippen LogP contribution in [0, 0.1) is 11.3 Å². The van der Waals surface area contributed by atoms with Crippen molar-refractivity contribution in [3.05, 3.63) is 76.3 Å². The number of nitriles is 1. The molecule has 324 valence electrons. The van der Waals surface area contributed by atoms with Gasteiger partial charge in [-0.1, -0.05) is 11.6 Å². The number of amides is 4. The summed E-state index contributed by atoms with van der Waals surface area (Å²) in [6, 6.07) is 13.0. The maximum atomic E-state index is 13.9. The third-order valence-electron chi connectivity index (χ3n) is 10.7. The first-order valence-electron chi connectivity index (χ1n) is 19.3. The maximum absolute atomic E-state index is 13.9. The minimum absolute atomic E-state index is 0.0310. The number of halogens is 6. The molecule has 0 bridgehead atoms. The first kappa shape index (κ1) is 45.1. The molecule has 3 aliphatic heterocycles. The Morgan fingerprint density at radius 2 is 1.79 bits per heavy atom. The zero-order valence-electron chi connectivity index (χ0n) is 33.2. The Balaban J connectivity index is 1.05. The highest BCUT2D eigenvalue weighted by atomic mass is 35.5. The fraction of sp³-hybridized carbons (Fsp3) is 0.415. The zero-order valence-corrected chi connectivity index (χ0v) is 34.8. The Hall–Kier alpha value is -5.42. The van der Waals surface area contributed by atoms with Crippen molar-refractivity contribution in [2.24, 2.45) is 0 Å². The molecule has 3 aliphatic rings. The average Bonchev–Trinajstić information content (AvgIpc) is 3.35. The third-order valence-corrected chi connectivity index (χ3v) is 11.2. The van der Waals surface area contributed by atoms with Gasteiger partial charge in [-0.05, 0) is 94.0 Å². The predicted octanol–water partition coefficient (Wildman–Crippen LogP) is 6.20. The van der Waals surface area contributed by atoms with Crippen LogP contribution in [0.4, 0.5) is 44.7 Å². The Kier molecular flexibility index (Phi) is 13.5. The molecule has 3 fully saturated rings. The number of nitrogens with one attached hydrogen (secondary N) is 3. The molecule has 3 saturated heterocycles. The first-order chi connectivity index (χ1) is 28.7. The van der Waals surface area contributed by atoms with Gasteiger partial charge < -0.3 is 20.3 Å². The minimum Gasteiger partial charge on any atom is -0.492 e. The van der Waals surface area contributed by atoms with Gasteiger partial charge in [-0.2, -0.15) is 18.4 Å². The van der Waals surface area contributed by atoms with E-state index in [2.05, 4.69) is 20.9 Å². The molecule has 4 amide bonds. The molecule has 0 aliphatic carbocycles. The van der Waals surface area contributed by atoms with E-state index in [1.807, 2.05) is 11.8 Å². The van der Waals surface area contributed by atoms with E-state index in [-0.39, 0.29) is 65.2 Å². The van der Waals surface area contributed by atoms with Gasteiger partial charge >= 0.3 is 6.18 Å². The predicted molar refractivity (Wildman–Crippen MR) is 222 cm³/mol. The van der Waals surface area contributed by atoms with E-state index in [0.717, 1.165) is 11.0 Å². The van der Waals surface area contributed by atoms with Crippen molar-refractivity contribution in [1.82, 2.24) is 15.1 Å². The summed E-state index contributed by atoms with van der Waals surface area (Å²) in [5, 5.41) is 17.6. The number of alkyl halides is 5. The SMILES string of the molecule is CC1CN(CCOc2ccc(N3C(=S)N(c4ccc(C#N)c(C(F)(F)F)c4)C(=O)C3(C)C)cc2CC(F)F)CCN1CC(=O)Nc1cc(Cl)cc(NC2CCC(=O)NC2=O)c1. The molecular formula is C41H42ClF5N8O5S. The molecule has 0 spiro atoms. The first-order valence-corrected chi connectivity index (χ1v) is 20.0. The van der Waals surface area contributed by atoms with Crippen LogP contribution in [0.15, 0.2) is 54.6 Å². The third kappa shape index (κ3) is 10.4. The smallest absolute Gasteiger partial charge is 0.417 e. The second-order valence-corrected chi connectivity index (χ2v) is 16.2. The van der Waals surface area contributed by atoms with Crippen LogP contribution in [0.1, 0.15) is 50.3 Å². The van der Waals surface area contributed by atoms with Gasteiger partial charge in [0.15, 0.2) is 5.11 Å². The lowest BCUT2D eigenvalue weighted by molar-refractivity contribution is -0.138. The van der Waals surface area contributed by atoms with E-state index in [0.29, 0.717) is 55.1 Å². The zero-order chi connectivity index (χ0) is 44.4. The molecule has 0 saturated carbocycles. The van der Waals surface area contributed by atoms with Crippen LogP contribution in [-0.4, -0.2) is 102 Å². The van der Waals surface area contributed by atoms with Gasteiger partial charge in [0.1, 0.15) is 23.9 Å². The van der Waals surface area contributed by atoms with E-state index in [9.17, 15) is 46.4 Å². The number of carbonyl (C=O) groups excluding carboxylic acids is 4. The number of thiocarbonyl (C=S) groups is 1. The summed E-state index contributed by atoms with van der Waals surface area (Å²) in [5.41, 5.74) is -2.14. The number of rotatable bonds is 13.